The molecule has 0 radical (unpaired) electrons. The average Bonchev–Trinajstić information content (AvgIpc) is 2.54. The Morgan fingerprint density at radius 1 is 1.29 bits per heavy atom. The minimum absolute atomic E-state index is 0.185. The van der Waals surface area contributed by atoms with Crippen LogP contribution in [0.25, 0.3) is 0 Å². The van der Waals surface area contributed by atoms with Crippen molar-refractivity contribution < 1.29 is 4.79 Å². The topological polar surface area (TPSA) is 53.2 Å². The first kappa shape index (κ1) is 16.9. The van der Waals surface area contributed by atoms with Crippen LogP contribution in [0.1, 0.15) is 74.6 Å². The van der Waals surface area contributed by atoms with Gasteiger partial charge in [0.2, 0.25) is 0 Å². The van der Waals surface area contributed by atoms with E-state index in [-0.39, 0.29) is 11.5 Å². The van der Waals surface area contributed by atoms with E-state index in [0.29, 0.717) is 17.8 Å². The zero-order valence-corrected chi connectivity index (χ0v) is 15.0. The fourth-order valence-corrected chi connectivity index (χ4v) is 4.10. The molecule has 0 saturated heterocycles. The summed E-state index contributed by atoms with van der Waals surface area (Å²) in [7, 11) is 0. The first-order chi connectivity index (χ1) is 11.4. The number of nitriles is 1. The number of benzene rings is 1. The summed E-state index contributed by atoms with van der Waals surface area (Å²) in [6.07, 6.45) is 6.92. The molecule has 1 saturated carbocycles. The molecule has 0 bridgehead atoms. The minimum atomic E-state index is -0.185. The molecule has 0 spiro atoms. The van der Waals surface area contributed by atoms with Crippen molar-refractivity contribution in [2.45, 2.75) is 71.3 Å². The van der Waals surface area contributed by atoms with E-state index >= 15 is 0 Å². The number of rotatable bonds is 3. The molecular formula is C21H26N2O. The molecule has 0 unspecified atom stereocenters. The van der Waals surface area contributed by atoms with Crippen molar-refractivity contribution in [2.24, 2.45) is 10.9 Å². The summed E-state index contributed by atoms with van der Waals surface area (Å²) in [4.78, 5) is 17.6. The molecule has 1 aromatic carbocycles. The third-order valence-electron chi connectivity index (χ3n) is 5.34. The molecule has 3 nitrogen and oxygen atoms in total. The van der Waals surface area contributed by atoms with Crippen LogP contribution in [0.15, 0.2) is 17.1 Å². The Hall–Kier alpha value is -1.95. The molecule has 3 heteroatoms. The smallest absolute Gasteiger partial charge is 0.141 e. The van der Waals surface area contributed by atoms with Gasteiger partial charge in [0.05, 0.1) is 22.9 Å². The van der Waals surface area contributed by atoms with Crippen molar-refractivity contribution in [1.29, 1.82) is 5.26 Å². The number of fused-ring (bicyclic) bond motifs is 1. The van der Waals surface area contributed by atoms with E-state index in [1.807, 2.05) is 13.0 Å². The van der Waals surface area contributed by atoms with E-state index < -0.39 is 0 Å². The van der Waals surface area contributed by atoms with Gasteiger partial charge in [-0.3, -0.25) is 9.79 Å². The van der Waals surface area contributed by atoms with Gasteiger partial charge in [-0.25, -0.2) is 0 Å². The van der Waals surface area contributed by atoms with Crippen LogP contribution >= 0.6 is 0 Å². The molecule has 0 N–H and O–H groups in total. The second-order valence-corrected chi connectivity index (χ2v) is 7.96. The van der Waals surface area contributed by atoms with Crippen LogP contribution in [-0.2, 0) is 11.2 Å². The molecule has 1 aromatic rings. The quantitative estimate of drug-likeness (QED) is 0.821. The standard InChI is InChI=1S/C21H26N2O/c1-14-9-16-12-21(2,3)23-19(18(16)10-17(14)13-22)11-20(24)15-7-5-4-6-8-15/h9-10,15H,4-8,11-12H2,1-3H3. The van der Waals surface area contributed by atoms with Crippen molar-refractivity contribution >= 4 is 11.5 Å². The van der Waals surface area contributed by atoms with Crippen molar-refractivity contribution in [3.8, 4) is 6.07 Å². The van der Waals surface area contributed by atoms with Crippen molar-refractivity contribution in [3.63, 3.8) is 0 Å². The molecule has 3 rings (SSSR count). The van der Waals surface area contributed by atoms with E-state index in [9.17, 15) is 10.1 Å². The van der Waals surface area contributed by atoms with Gasteiger partial charge in [0.15, 0.2) is 0 Å². The fraction of sp³-hybridized carbons (Fsp3) is 0.571. The van der Waals surface area contributed by atoms with E-state index in [4.69, 9.17) is 4.99 Å². The van der Waals surface area contributed by atoms with Gasteiger partial charge in [0.1, 0.15) is 5.78 Å². The predicted molar refractivity (Wildman–Crippen MR) is 96.4 cm³/mol. The Bertz CT molecular complexity index is 731. The molecule has 1 aliphatic carbocycles. The van der Waals surface area contributed by atoms with Gasteiger partial charge in [0, 0.05) is 17.9 Å². The zero-order valence-electron chi connectivity index (χ0n) is 15.0. The maximum Gasteiger partial charge on any atom is 0.141 e. The molecule has 1 fully saturated rings. The maximum absolute atomic E-state index is 12.8. The van der Waals surface area contributed by atoms with Crippen LogP contribution in [0, 0.1) is 24.2 Å². The lowest BCUT2D eigenvalue weighted by molar-refractivity contribution is -0.122. The number of ketones is 1. The second kappa shape index (κ2) is 6.51. The maximum atomic E-state index is 12.8. The number of hydrogen-bond acceptors (Lipinski definition) is 3. The van der Waals surface area contributed by atoms with Gasteiger partial charge in [-0.2, -0.15) is 5.26 Å². The summed E-state index contributed by atoms with van der Waals surface area (Å²) in [5.41, 5.74) is 4.63. The average molecular weight is 322 g/mol. The van der Waals surface area contributed by atoms with Crippen LogP contribution in [0.5, 0.6) is 0 Å². The summed E-state index contributed by atoms with van der Waals surface area (Å²) in [6.45, 7) is 6.22. The number of carbonyl (C=O) groups excluding carboxylic acids is 1. The highest BCUT2D eigenvalue weighted by atomic mass is 16.1. The third kappa shape index (κ3) is 3.43. The molecule has 0 aromatic heterocycles. The Morgan fingerprint density at radius 2 is 2.00 bits per heavy atom. The summed E-state index contributed by atoms with van der Waals surface area (Å²) in [5.74, 6) is 0.534. The number of Topliss-reactive ketones (excluding diaryl/α,β-unsaturated/α-hetero) is 1. The summed E-state index contributed by atoms with van der Waals surface area (Å²) < 4.78 is 0. The van der Waals surface area contributed by atoms with E-state index in [1.165, 1.54) is 24.8 Å². The largest absolute Gasteiger partial charge is 0.299 e. The lowest BCUT2D eigenvalue weighted by Crippen LogP contribution is -2.31. The van der Waals surface area contributed by atoms with Gasteiger partial charge < -0.3 is 0 Å². The van der Waals surface area contributed by atoms with Gasteiger partial charge >= 0.3 is 0 Å². The number of aryl methyl sites for hydroxylation is 1. The summed E-state index contributed by atoms with van der Waals surface area (Å²) in [5, 5.41) is 9.34. The molecule has 0 amide bonds. The number of nitrogens with zero attached hydrogens (tertiary/aromatic N) is 2. The van der Waals surface area contributed by atoms with E-state index in [0.717, 1.165) is 36.1 Å². The Kier molecular flexibility index (Phi) is 4.58. The van der Waals surface area contributed by atoms with Gasteiger partial charge in [-0.15, -0.1) is 0 Å². The van der Waals surface area contributed by atoms with E-state index in [2.05, 4.69) is 26.0 Å². The van der Waals surface area contributed by atoms with E-state index in [1.54, 1.807) is 0 Å². The molecule has 126 valence electrons. The van der Waals surface area contributed by atoms with Gasteiger partial charge in [0.25, 0.3) is 0 Å². The molecule has 24 heavy (non-hydrogen) atoms. The number of hydrogen-bond donors (Lipinski definition) is 0. The lowest BCUT2D eigenvalue weighted by Gasteiger charge is -2.30. The van der Waals surface area contributed by atoms with Crippen molar-refractivity contribution in [3.05, 3.63) is 34.4 Å². The SMILES string of the molecule is Cc1cc2c(cc1C#N)C(CC(=O)C1CCCCC1)=NC(C)(C)C2. The van der Waals surface area contributed by atoms with Gasteiger partial charge in [-0.1, -0.05) is 25.3 Å². The van der Waals surface area contributed by atoms with Crippen LogP contribution in [0.2, 0.25) is 0 Å². The molecular weight excluding hydrogens is 296 g/mol. The fourth-order valence-electron chi connectivity index (χ4n) is 4.10. The Balaban J connectivity index is 1.93. The second-order valence-electron chi connectivity index (χ2n) is 7.96. The number of aliphatic imine (C=N–C) groups is 1. The Morgan fingerprint density at radius 3 is 2.67 bits per heavy atom. The van der Waals surface area contributed by atoms with Crippen LogP contribution in [0.3, 0.4) is 0 Å². The highest BCUT2D eigenvalue weighted by molar-refractivity contribution is 6.13. The lowest BCUT2D eigenvalue weighted by atomic mass is 9.80. The Labute approximate surface area is 144 Å². The number of carbonyl (C=O) groups is 1. The minimum Gasteiger partial charge on any atom is -0.299 e. The van der Waals surface area contributed by atoms with Crippen LogP contribution in [0.4, 0.5) is 0 Å². The highest BCUT2D eigenvalue weighted by Crippen LogP contribution is 2.32. The normalized spacial score (nSPS) is 20.0. The van der Waals surface area contributed by atoms with Gasteiger partial charge in [-0.05, 0) is 57.2 Å². The summed E-state index contributed by atoms with van der Waals surface area (Å²) in [6, 6.07) is 6.31. The first-order valence-electron chi connectivity index (χ1n) is 9.05. The zero-order chi connectivity index (χ0) is 17.3. The molecule has 2 aliphatic rings. The molecule has 0 atom stereocenters. The third-order valence-corrected chi connectivity index (χ3v) is 5.34. The molecule has 1 aliphatic heterocycles. The van der Waals surface area contributed by atoms with Crippen LogP contribution < -0.4 is 0 Å². The monoisotopic (exact) mass is 322 g/mol. The summed E-state index contributed by atoms with van der Waals surface area (Å²) >= 11 is 0. The first-order valence-corrected chi connectivity index (χ1v) is 9.05. The van der Waals surface area contributed by atoms with Crippen molar-refractivity contribution in [2.75, 3.05) is 0 Å². The predicted octanol–water partition coefficient (Wildman–Crippen LogP) is 4.53. The molecule has 1 heterocycles. The highest BCUT2D eigenvalue weighted by Gasteiger charge is 2.30. The van der Waals surface area contributed by atoms with Crippen molar-refractivity contribution in [1.82, 2.24) is 0 Å². The van der Waals surface area contributed by atoms with Crippen LogP contribution in [-0.4, -0.2) is 17.0 Å².